The smallest absolute Gasteiger partial charge is 0.159 e. The van der Waals surface area contributed by atoms with Crippen molar-refractivity contribution in [2.75, 3.05) is 26.4 Å². The molecule has 166 valence electrons. The SMILES string of the molecule is C/C=C(C=O)\C=C(/COCCc1ccc(F)cc1)OC(CO)(CCO)c1ccccc1. The van der Waals surface area contributed by atoms with Crippen LogP contribution in [0.4, 0.5) is 4.39 Å². The molecular weight excluding hydrogens is 399 g/mol. The van der Waals surface area contributed by atoms with Crippen LogP contribution in [0, 0.1) is 5.82 Å². The van der Waals surface area contributed by atoms with E-state index in [2.05, 4.69) is 0 Å². The number of aldehydes is 1. The summed E-state index contributed by atoms with van der Waals surface area (Å²) in [6, 6.07) is 15.3. The number of allylic oxidation sites excluding steroid dienone is 3. The third kappa shape index (κ3) is 7.43. The number of rotatable bonds is 13. The molecule has 0 saturated carbocycles. The predicted molar refractivity (Wildman–Crippen MR) is 117 cm³/mol. The molecule has 0 spiro atoms. The van der Waals surface area contributed by atoms with Gasteiger partial charge in [-0.2, -0.15) is 0 Å². The molecule has 0 heterocycles. The third-order valence-corrected chi connectivity index (χ3v) is 4.89. The molecule has 0 radical (unpaired) electrons. The quantitative estimate of drug-likeness (QED) is 0.167. The van der Waals surface area contributed by atoms with Gasteiger partial charge in [0.05, 0.1) is 13.2 Å². The van der Waals surface area contributed by atoms with E-state index in [0.717, 1.165) is 5.56 Å². The Morgan fingerprint density at radius 1 is 1.10 bits per heavy atom. The fourth-order valence-corrected chi connectivity index (χ4v) is 3.12. The van der Waals surface area contributed by atoms with Gasteiger partial charge < -0.3 is 19.7 Å². The van der Waals surface area contributed by atoms with Gasteiger partial charge in [-0.05, 0) is 42.7 Å². The van der Waals surface area contributed by atoms with Gasteiger partial charge >= 0.3 is 0 Å². The van der Waals surface area contributed by atoms with Crippen LogP contribution < -0.4 is 0 Å². The maximum Gasteiger partial charge on any atom is 0.159 e. The zero-order chi connectivity index (χ0) is 22.5. The normalized spacial score (nSPS) is 14.2. The second-order valence-corrected chi connectivity index (χ2v) is 7.04. The monoisotopic (exact) mass is 428 g/mol. The van der Waals surface area contributed by atoms with Crippen LogP contribution in [-0.2, 0) is 26.3 Å². The van der Waals surface area contributed by atoms with Crippen molar-refractivity contribution in [3.63, 3.8) is 0 Å². The number of benzene rings is 2. The highest BCUT2D eigenvalue weighted by Gasteiger charge is 2.34. The molecular formula is C25H29FO5. The molecule has 0 saturated heterocycles. The summed E-state index contributed by atoms with van der Waals surface area (Å²) < 4.78 is 25.0. The number of aliphatic hydroxyl groups is 2. The van der Waals surface area contributed by atoms with E-state index in [4.69, 9.17) is 9.47 Å². The van der Waals surface area contributed by atoms with Crippen molar-refractivity contribution in [1.29, 1.82) is 0 Å². The lowest BCUT2D eigenvalue weighted by Crippen LogP contribution is -2.35. The first-order valence-corrected chi connectivity index (χ1v) is 10.2. The van der Waals surface area contributed by atoms with E-state index in [9.17, 15) is 19.4 Å². The summed E-state index contributed by atoms with van der Waals surface area (Å²) in [6.07, 6.45) is 4.65. The lowest BCUT2D eigenvalue weighted by Gasteiger charge is -2.34. The summed E-state index contributed by atoms with van der Waals surface area (Å²) in [7, 11) is 0. The van der Waals surface area contributed by atoms with Crippen LogP contribution in [0.2, 0.25) is 0 Å². The molecule has 6 heteroatoms. The Morgan fingerprint density at radius 2 is 1.81 bits per heavy atom. The van der Waals surface area contributed by atoms with E-state index in [1.165, 1.54) is 12.1 Å². The maximum absolute atomic E-state index is 13.0. The lowest BCUT2D eigenvalue weighted by molar-refractivity contribution is -0.104. The number of halogens is 1. The Bertz CT molecular complexity index is 861. The summed E-state index contributed by atoms with van der Waals surface area (Å²) >= 11 is 0. The van der Waals surface area contributed by atoms with Crippen LogP contribution in [-0.4, -0.2) is 42.9 Å². The minimum atomic E-state index is -1.18. The highest BCUT2D eigenvalue weighted by Crippen LogP contribution is 2.32. The van der Waals surface area contributed by atoms with Crippen LogP contribution in [0.5, 0.6) is 0 Å². The first-order valence-electron chi connectivity index (χ1n) is 10.2. The van der Waals surface area contributed by atoms with Crippen molar-refractivity contribution in [2.45, 2.75) is 25.4 Å². The predicted octanol–water partition coefficient (Wildman–Crippen LogP) is 3.70. The number of hydrogen-bond donors (Lipinski definition) is 2. The number of carbonyl (C=O) groups is 1. The summed E-state index contributed by atoms with van der Waals surface area (Å²) in [5.41, 5.74) is 0.867. The number of hydrogen-bond acceptors (Lipinski definition) is 5. The van der Waals surface area contributed by atoms with E-state index in [1.807, 2.05) is 30.3 Å². The largest absolute Gasteiger partial charge is 0.482 e. The average molecular weight is 429 g/mol. The first kappa shape index (κ1) is 24.5. The molecule has 2 N–H and O–H groups in total. The van der Waals surface area contributed by atoms with Gasteiger partial charge in [-0.25, -0.2) is 4.39 Å². The zero-order valence-corrected chi connectivity index (χ0v) is 17.7. The Kier molecular flexibility index (Phi) is 10.1. The van der Waals surface area contributed by atoms with Gasteiger partial charge in [0, 0.05) is 18.6 Å². The second-order valence-electron chi connectivity index (χ2n) is 7.04. The molecule has 0 aliphatic rings. The molecule has 0 fully saturated rings. The third-order valence-electron chi connectivity index (χ3n) is 4.89. The molecule has 0 aromatic heterocycles. The second kappa shape index (κ2) is 12.8. The fourth-order valence-electron chi connectivity index (χ4n) is 3.12. The standard InChI is InChI=1S/C25H29FO5/c1-2-20(17-28)16-24(18-30-15-12-21-8-10-23(26)11-9-21)31-25(19-29,13-14-27)22-6-4-3-5-7-22/h2-11,16-17,27,29H,12-15,18-19H2,1H3/b20-2+,24-16+. The molecule has 1 atom stereocenters. The van der Waals surface area contributed by atoms with Crippen molar-refractivity contribution in [3.8, 4) is 0 Å². The summed E-state index contributed by atoms with van der Waals surface area (Å²) in [5, 5.41) is 19.8. The van der Waals surface area contributed by atoms with E-state index < -0.39 is 5.60 Å². The summed E-state index contributed by atoms with van der Waals surface area (Å²) in [4.78, 5) is 11.3. The van der Waals surface area contributed by atoms with Crippen molar-refractivity contribution in [3.05, 3.63) is 95.0 Å². The Labute approximate surface area is 182 Å². The topological polar surface area (TPSA) is 76.0 Å². The van der Waals surface area contributed by atoms with Crippen molar-refractivity contribution < 1.29 is 28.9 Å². The van der Waals surface area contributed by atoms with Crippen molar-refractivity contribution in [1.82, 2.24) is 0 Å². The van der Waals surface area contributed by atoms with E-state index >= 15 is 0 Å². The lowest BCUT2D eigenvalue weighted by atomic mass is 9.91. The molecule has 0 bridgehead atoms. The fraction of sp³-hybridized carbons (Fsp3) is 0.320. The molecule has 5 nitrogen and oxygen atoms in total. The van der Waals surface area contributed by atoms with Gasteiger partial charge in [-0.3, -0.25) is 4.79 Å². The Hall–Kier alpha value is -2.80. The number of aliphatic hydroxyl groups excluding tert-OH is 2. The molecule has 2 aromatic rings. The Balaban J connectivity index is 2.17. The van der Waals surface area contributed by atoms with E-state index in [-0.39, 0.29) is 32.1 Å². The van der Waals surface area contributed by atoms with Gasteiger partial charge in [-0.15, -0.1) is 0 Å². The molecule has 0 aliphatic heterocycles. The highest BCUT2D eigenvalue weighted by atomic mass is 19.1. The maximum atomic E-state index is 13.0. The minimum Gasteiger partial charge on any atom is -0.482 e. The number of ether oxygens (including phenoxy) is 2. The average Bonchev–Trinajstić information content (AvgIpc) is 2.81. The van der Waals surface area contributed by atoms with Gasteiger partial charge in [0.15, 0.2) is 5.60 Å². The molecule has 2 aromatic carbocycles. The summed E-state index contributed by atoms with van der Waals surface area (Å²) in [6.45, 7) is 1.59. The van der Waals surface area contributed by atoms with Crippen molar-refractivity contribution in [2.24, 2.45) is 0 Å². The van der Waals surface area contributed by atoms with Crippen LogP contribution in [0.3, 0.4) is 0 Å². The zero-order valence-electron chi connectivity index (χ0n) is 17.7. The van der Waals surface area contributed by atoms with Crippen LogP contribution in [0.25, 0.3) is 0 Å². The number of carbonyl (C=O) groups excluding carboxylic acids is 1. The molecule has 0 amide bonds. The Morgan fingerprint density at radius 3 is 2.39 bits per heavy atom. The molecule has 0 aliphatic carbocycles. The summed E-state index contributed by atoms with van der Waals surface area (Å²) in [5.74, 6) is 0.0619. The van der Waals surface area contributed by atoms with Crippen LogP contribution >= 0.6 is 0 Å². The van der Waals surface area contributed by atoms with Gasteiger partial charge in [0.2, 0.25) is 0 Å². The van der Waals surface area contributed by atoms with Crippen molar-refractivity contribution >= 4 is 6.29 Å². The van der Waals surface area contributed by atoms with E-state index in [1.54, 1.807) is 31.2 Å². The van der Waals surface area contributed by atoms with Gasteiger partial charge in [0.1, 0.15) is 24.5 Å². The molecule has 1 unspecified atom stereocenters. The van der Waals surface area contributed by atoms with Gasteiger partial charge in [0.25, 0.3) is 0 Å². The first-order chi connectivity index (χ1) is 15.1. The highest BCUT2D eigenvalue weighted by molar-refractivity contribution is 5.77. The van der Waals surface area contributed by atoms with E-state index in [0.29, 0.717) is 36.2 Å². The van der Waals surface area contributed by atoms with Crippen LogP contribution in [0.1, 0.15) is 24.5 Å². The van der Waals surface area contributed by atoms with Crippen LogP contribution in [0.15, 0.2) is 78.1 Å². The minimum absolute atomic E-state index is 0.0619. The molecule has 2 rings (SSSR count). The van der Waals surface area contributed by atoms with Gasteiger partial charge in [-0.1, -0.05) is 48.5 Å². The molecule has 31 heavy (non-hydrogen) atoms.